The molecule has 0 bridgehead atoms. The molecule has 6 heavy (non-hydrogen) atoms. The van der Waals surface area contributed by atoms with Crippen LogP contribution < -0.4 is 0 Å². The van der Waals surface area contributed by atoms with Gasteiger partial charge in [-0.2, -0.15) is 0 Å². The highest BCUT2D eigenvalue weighted by Crippen LogP contribution is 2.34. The molecule has 0 atom stereocenters. The van der Waals surface area contributed by atoms with Gasteiger partial charge < -0.3 is 0 Å². The molecule has 1 aliphatic rings. The van der Waals surface area contributed by atoms with Crippen molar-refractivity contribution in [2.24, 2.45) is 0 Å². The van der Waals surface area contributed by atoms with E-state index in [1.54, 1.807) is 0 Å². The maximum absolute atomic E-state index is 3.70. The van der Waals surface area contributed by atoms with E-state index in [1.165, 1.54) is 18.4 Å². The minimum absolute atomic E-state index is 0.231. The van der Waals surface area contributed by atoms with Crippen LogP contribution in [0.25, 0.3) is 0 Å². The Morgan fingerprint density at radius 1 is 1.67 bits per heavy atom. The third kappa shape index (κ3) is 0.975. The normalized spacial score (nSPS) is 22.7. The summed E-state index contributed by atoms with van der Waals surface area (Å²) in [5, 5.41) is 0. The van der Waals surface area contributed by atoms with E-state index in [2.05, 4.69) is 12.3 Å². The van der Waals surface area contributed by atoms with Gasteiger partial charge in [0.25, 0.3) is 0 Å². The van der Waals surface area contributed by atoms with Crippen molar-refractivity contribution < 1.29 is 0 Å². The van der Waals surface area contributed by atoms with Crippen molar-refractivity contribution in [2.75, 3.05) is 0 Å². The first-order chi connectivity index (χ1) is 2.93. The smallest absolute Gasteiger partial charge is 0.0477 e. The maximum atomic E-state index is 3.70. The fourth-order valence-electron chi connectivity index (χ4n) is 0.589. The fraction of sp³-hybridized carbons (Fsp3) is 0.600. The summed E-state index contributed by atoms with van der Waals surface area (Å²) in [6.07, 6.45) is 3.02. The van der Waals surface area contributed by atoms with Crippen LogP contribution in [0, 0.1) is 0 Å². The quantitative estimate of drug-likeness (QED) is 0.450. The lowest BCUT2D eigenvalue weighted by Gasteiger charge is -1.75. The van der Waals surface area contributed by atoms with E-state index in [0.717, 1.165) is 0 Å². The summed E-state index contributed by atoms with van der Waals surface area (Å²) >= 11 is 0. The van der Waals surface area contributed by atoms with Gasteiger partial charge in [0.05, 0.1) is 0 Å². The lowest BCUT2D eigenvalue weighted by molar-refractivity contribution is 1.45. The Morgan fingerprint density at radius 3 is 2.50 bits per heavy atom. The minimum Gasteiger partial charge on any atom is -0.108 e. The molecule has 0 nitrogen and oxygen atoms in total. The Morgan fingerprint density at radius 2 is 2.33 bits per heavy atom. The van der Waals surface area contributed by atoms with Crippen LogP contribution in [0.1, 0.15) is 12.8 Å². The van der Waals surface area contributed by atoms with Crippen LogP contribution in [-0.2, 0) is 0 Å². The van der Waals surface area contributed by atoms with E-state index >= 15 is 0 Å². The summed E-state index contributed by atoms with van der Waals surface area (Å²) in [5.41, 5.74) is 3.32. The largest absolute Gasteiger partial charge is 0.108 e. The zero-order chi connectivity index (χ0) is 4.41. The van der Waals surface area contributed by atoms with Crippen molar-refractivity contribution >= 4 is 9.52 Å². The number of hydrogen-bond donors (Lipinski definition) is 0. The van der Waals surface area contributed by atoms with Crippen LogP contribution in [0.15, 0.2) is 12.3 Å². The average molecular weight is 98.2 g/mol. The number of hydrogen-bond acceptors (Lipinski definition) is 0. The molecular weight excluding hydrogens is 88.1 g/mol. The maximum Gasteiger partial charge on any atom is 0.0477 e. The second-order valence-electron chi connectivity index (χ2n) is 1.97. The van der Waals surface area contributed by atoms with Crippen molar-refractivity contribution in [3.05, 3.63) is 12.3 Å². The molecule has 34 valence electrons. The lowest BCUT2D eigenvalue weighted by atomic mass is 11.0. The Labute approximate surface area is 41.1 Å². The molecule has 0 amide bonds. The SMILES string of the molecule is C=C[SiH2]C1CC1. The summed E-state index contributed by atoms with van der Waals surface area (Å²) in [7, 11) is 0.231. The molecule has 0 aromatic rings. The van der Waals surface area contributed by atoms with Gasteiger partial charge in [-0.05, 0) is 5.54 Å². The molecule has 0 aromatic heterocycles. The second-order valence-corrected chi connectivity index (χ2v) is 4.17. The molecule has 0 N–H and O–H groups in total. The van der Waals surface area contributed by atoms with Crippen molar-refractivity contribution in [1.29, 1.82) is 0 Å². The molecule has 1 saturated carbocycles. The van der Waals surface area contributed by atoms with E-state index in [0.29, 0.717) is 0 Å². The molecule has 0 unspecified atom stereocenters. The van der Waals surface area contributed by atoms with Crippen LogP contribution >= 0.6 is 0 Å². The van der Waals surface area contributed by atoms with E-state index in [4.69, 9.17) is 0 Å². The van der Waals surface area contributed by atoms with Gasteiger partial charge in [-0.25, -0.2) is 0 Å². The molecule has 1 fully saturated rings. The molecule has 0 spiro atoms. The zero-order valence-corrected chi connectivity index (χ0v) is 5.40. The Bertz CT molecular complexity index is 55.0. The molecule has 1 rings (SSSR count). The first-order valence-corrected chi connectivity index (χ1v) is 4.17. The first kappa shape index (κ1) is 4.12. The summed E-state index contributed by atoms with van der Waals surface area (Å²) < 4.78 is 0. The molecule has 1 aliphatic carbocycles. The van der Waals surface area contributed by atoms with Gasteiger partial charge in [0.2, 0.25) is 0 Å². The molecule has 0 aromatic carbocycles. The van der Waals surface area contributed by atoms with Crippen LogP contribution in [0.4, 0.5) is 0 Å². The number of rotatable bonds is 2. The standard InChI is InChI=1S/C5H10Si/c1-2-6-5-3-4-5/h2,5H,1,3-4,6H2. The highest BCUT2D eigenvalue weighted by atomic mass is 28.2. The summed E-state index contributed by atoms with van der Waals surface area (Å²) in [5.74, 6) is 0. The zero-order valence-electron chi connectivity index (χ0n) is 3.98. The van der Waals surface area contributed by atoms with Gasteiger partial charge in [0.15, 0.2) is 0 Å². The first-order valence-electron chi connectivity index (χ1n) is 2.54. The monoisotopic (exact) mass is 98.1 g/mol. The summed E-state index contributed by atoms with van der Waals surface area (Å²) in [4.78, 5) is 0. The average Bonchev–Trinajstić information content (AvgIpc) is 2.21. The van der Waals surface area contributed by atoms with Crippen LogP contribution in [0.5, 0.6) is 0 Å². The Hall–Kier alpha value is -0.0431. The van der Waals surface area contributed by atoms with Crippen molar-refractivity contribution in [3.8, 4) is 0 Å². The van der Waals surface area contributed by atoms with Gasteiger partial charge in [0, 0.05) is 9.52 Å². The highest BCUT2D eigenvalue weighted by molar-refractivity contribution is 6.44. The van der Waals surface area contributed by atoms with Gasteiger partial charge >= 0.3 is 0 Å². The lowest BCUT2D eigenvalue weighted by Crippen LogP contribution is -1.76. The third-order valence-electron chi connectivity index (χ3n) is 1.20. The van der Waals surface area contributed by atoms with Crippen molar-refractivity contribution in [2.45, 2.75) is 18.4 Å². The predicted molar refractivity (Wildman–Crippen MR) is 31.7 cm³/mol. The topological polar surface area (TPSA) is 0 Å². The Kier molecular flexibility index (Phi) is 1.10. The van der Waals surface area contributed by atoms with Gasteiger partial charge in [-0.3, -0.25) is 0 Å². The summed E-state index contributed by atoms with van der Waals surface area (Å²) in [6.45, 7) is 3.70. The highest BCUT2D eigenvalue weighted by Gasteiger charge is 2.18. The third-order valence-corrected chi connectivity index (χ3v) is 3.01. The van der Waals surface area contributed by atoms with E-state index in [9.17, 15) is 0 Å². The van der Waals surface area contributed by atoms with Crippen LogP contribution in [-0.4, -0.2) is 9.52 Å². The van der Waals surface area contributed by atoms with Gasteiger partial charge in [0.1, 0.15) is 0 Å². The van der Waals surface area contributed by atoms with E-state index in [-0.39, 0.29) is 9.52 Å². The molecule has 1 heteroatoms. The molecule has 0 saturated heterocycles. The Balaban J connectivity index is 2.00. The van der Waals surface area contributed by atoms with Crippen LogP contribution in [0.3, 0.4) is 0 Å². The molecular formula is C5H10Si. The predicted octanol–water partition coefficient (Wildman–Crippen LogP) is 0.881. The van der Waals surface area contributed by atoms with Gasteiger partial charge in [-0.15, -0.1) is 12.3 Å². The van der Waals surface area contributed by atoms with Crippen molar-refractivity contribution in [1.82, 2.24) is 0 Å². The summed E-state index contributed by atoms with van der Waals surface area (Å²) in [6, 6.07) is 0. The molecule has 0 aliphatic heterocycles. The van der Waals surface area contributed by atoms with Crippen LogP contribution in [0.2, 0.25) is 5.54 Å². The minimum atomic E-state index is 0.231. The second kappa shape index (κ2) is 1.60. The van der Waals surface area contributed by atoms with Gasteiger partial charge in [-0.1, -0.05) is 12.8 Å². The van der Waals surface area contributed by atoms with E-state index < -0.39 is 0 Å². The fourth-order valence-corrected chi connectivity index (χ4v) is 1.77. The molecule has 0 radical (unpaired) electrons. The van der Waals surface area contributed by atoms with Crippen molar-refractivity contribution in [3.63, 3.8) is 0 Å². The van der Waals surface area contributed by atoms with E-state index in [1.807, 2.05) is 0 Å². The molecule has 0 heterocycles.